The molecular weight excluding hydrogens is 114 g/mol. The summed E-state index contributed by atoms with van der Waals surface area (Å²) < 4.78 is 0. The quantitative estimate of drug-likeness (QED) is 0.590. The van der Waals surface area contributed by atoms with Crippen LogP contribution in [0, 0.1) is 0 Å². The number of hydrogen-bond acceptors (Lipinski definition) is 2. The molecule has 0 saturated heterocycles. The lowest BCUT2D eigenvalue weighted by Gasteiger charge is -2.15. The van der Waals surface area contributed by atoms with E-state index in [4.69, 9.17) is 5.11 Å². The van der Waals surface area contributed by atoms with Crippen LogP contribution in [0.2, 0.25) is 0 Å². The second-order valence-electron chi connectivity index (χ2n) is 2.56. The van der Waals surface area contributed by atoms with E-state index in [1.165, 1.54) is 0 Å². The third-order valence-corrected chi connectivity index (χ3v) is 1.46. The summed E-state index contributed by atoms with van der Waals surface area (Å²) in [5.41, 5.74) is 0. The Hall–Kier alpha value is -0.0800. The Morgan fingerprint density at radius 2 is 1.89 bits per heavy atom. The highest BCUT2D eigenvalue weighted by Crippen LogP contribution is 1.89. The van der Waals surface area contributed by atoms with Gasteiger partial charge in [-0.2, -0.15) is 0 Å². The third kappa shape index (κ3) is 4.43. The Kier molecular flexibility index (Phi) is 4.72. The van der Waals surface area contributed by atoms with Gasteiger partial charge >= 0.3 is 0 Å². The zero-order chi connectivity index (χ0) is 7.28. The molecule has 2 atom stereocenters. The highest BCUT2D eigenvalue weighted by molar-refractivity contribution is 4.63. The predicted molar refractivity (Wildman–Crippen MR) is 39.4 cm³/mol. The predicted octanol–water partition coefficient (Wildman–Crippen LogP) is 0.755. The fourth-order valence-electron chi connectivity index (χ4n) is 0.656. The minimum Gasteiger partial charge on any atom is -0.395 e. The minimum absolute atomic E-state index is 0.227. The lowest BCUT2D eigenvalue weighted by atomic mass is 10.2. The summed E-state index contributed by atoms with van der Waals surface area (Å²) in [5, 5.41) is 11.8. The summed E-state index contributed by atoms with van der Waals surface area (Å²) in [6.07, 6.45) is 1.12. The molecule has 1 unspecified atom stereocenters. The number of aliphatic hydroxyl groups is 1. The first-order valence-electron chi connectivity index (χ1n) is 3.57. The van der Waals surface area contributed by atoms with E-state index in [0.717, 1.165) is 6.42 Å². The Morgan fingerprint density at radius 1 is 1.33 bits per heavy atom. The highest BCUT2D eigenvalue weighted by Gasteiger charge is 2.01. The fraction of sp³-hybridized carbons (Fsp3) is 1.00. The zero-order valence-electron chi connectivity index (χ0n) is 6.52. The van der Waals surface area contributed by atoms with Gasteiger partial charge in [0.25, 0.3) is 0 Å². The lowest BCUT2D eigenvalue weighted by molar-refractivity contribution is 0.242. The van der Waals surface area contributed by atoms with Crippen LogP contribution in [0.15, 0.2) is 0 Å². The Bertz CT molecular complexity index is 57.9. The van der Waals surface area contributed by atoms with E-state index in [1.54, 1.807) is 0 Å². The summed E-state index contributed by atoms with van der Waals surface area (Å²) in [4.78, 5) is 0. The first-order chi connectivity index (χ1) is 4.20. The van der Waals surface area contributed by atoms with E-state index in [9.17, 15) is 0 Å². The Labute approximate surface area is 57.3 Å². The van der Waals surface area contributed by atoms with Gasteiger partial charge in [0.2, 0.25) is 0 Å². The number of aliphatic hydroxyl groups excluding tert-OH is 1. The van der Waals surface area contributed by atoms with Crippen LogP contribution in [-0.2, 0) is 0 Å². The number of rotatable bonds is 4. The molecule has 2 nitrogen and oxygen atoms in total. The van der Waals surface area contributed by atoms with E-state index in [2.05, 4.69) is 19.2 Å². The van der Waals surface area contributed by atoms with Gasteiger partial charge in [-0.15, -0.1) is 0 Å². The van der Waals surface area contributed by atoms with Gasteiger partial charge in [-0.25, -0.2) is 0 Å². The normalized spacial score (nSPS) is 17.3. The molecule has 0 amide bonds. The van der Waals surface area contributed by atoms with Crippen molar-refractivity contribution >= 4 is 0 Å². The van der Waals surface area contributed by atoms with Crippen LogP contribution in [0.1, 0.15) is 27.2 Å². The van der Waals surface area contributed by atoms with Gasteiger partial charge < -0.3 is 10.4 Å². The van der Waals surface area contributed by atoms with E-state index in [0.29, 0.717) is 6.04 Å². The van der Waals surface area contributed by atoms with Gasteiger partial charge in [0, 0.05) is 12.1 Å². The van der Waals surface area contributed by atoms with Gasteiger partial charge in [0.1, 0.15) is 0 Å². The number of hydrogen-bond donors (Lipinski definition) is 2. The van der Waals surface area contributed by atoms with Crippen molar-refractivity contribution in [3.05, 3.63) is 0 Å². The van der Waals surface area contributed by atoms with Gasteiger partial charge in [-0.05, 0) is 20.3 Å². The Balaban J connectivity index is 3.22. The molecule has 0 heterocycles. The molecule has 2 N–H and O–H groups in total. The summed E-state index contributed by atoms with van der Waals surface area (Å²) in [5.74, 6) is 0. The largest absolute Gasteiger partial charge is 0.395 e. The molecule has 56 valence electrons. The summed E-state index contributed by atoms with van der Waals surface area (Å²) in [6, 6.07) is 0.757. The van der Waals surface area contributed by atoms with Crippen molar-refractivity contribution in [3.8, 4) is 0 Å². The first kappa shape index (κ1) is 8.92. The van der Waals surface area contributed by atoms with Gasteiger partial charge in [-0.1, -0.05) is 6.92 Å². The molecule has 2 heteroatoms. The average Bonchev–Trinajstić information content (AvgIpc) is 1.87. The van der Waals surface area contributed by atoms with Crippen molar-refractivity contribution < 1.29 is 5.11 Å². The smallest absolute Gasteiger partial charge is 0.0582 e. The van der Waals surface area contributed by atoms with E-state index in [1.807, 2.05) is 6.92 Å². The van der Waals surface area contributed by atoms with Gasteiger partial charge in [0.05, 0.1) is 6.61 Å². The van der Waals surface area contributed by atoms with Gasteiger partial charge in [-0.3, -0.25) is 0 Å². The maximum atomic E-state index is 8.62. The van der Waals surface area contributed by atoms with Crippen molar-refractivity contribution in [2.45, 2.75) is 39.3 Å². The van der Waals surface area contributed by atoms with Crippen LogP contribution < -0.4 is 5.32 Å². The van der Waals surface area contributed by atoms with Crippen LogP contribution in [0.3, 0.4) is 0 Å². The molecule has 0 fully saturated rings. The maximum absolute atomic E-state index is 8.62. The number of nitrogens with one attached hydrogen (secondary N) is 1. The Morgan fingerprint density at radius 3 is 2.22 bits per heavy atom. The molecule has 0 aromatic rings. The summed E-state index contributed by atoms with van der Waals surface area (Å²) >= 11 is 0. The van der Waals surface area contributed by atoms with Crippen molar-refractivity contribution in [2.24, 2.45) is 0 Å². The average molecular weight is 131 g/mol. The van der Waals surface area contributed by atoms with Gasteiger partial charge in [0.15, 0.2) is 0 Å². The van der Waals surface area contributed by atoms with E-state index in [-0.39, 0.29) is 12.6 Å². The van der Waals surface area contributed by atoms with Crippen molar-refractivity contribution in [2.75, 3.05) is 6.61 Å². The van der Waals surface area contributed by atoms with E-state index < -0.39 is 0 Å². The molecule has 0 spiro atoms. The monoisotopic (exact) mass is 131 g/mol. The minimum atomic E-state index is 0.227. The zero-order valence-corrected chi connectivity index (χ0v) is 6.52. The molecule has 0 aromatic carbocycles. The van der Waals surface area contributed by atoms with Crippen LogP contribution in [-0.4, -0.2) is 23.8 Å². The topological polar surface area (TPSA) is 32.3 Å². The second kappa shape index (κ2) is 4.77. The van der Waals surface area contributed by atoms with Crippen molar-refractivity contribution in [1.29, 1.82) is 0 Å². The molecule has 0 saturated carbocycles. The molecule has 0 rings (SSSR count). The standard InChI is InChI=1S/C7H17NO/c1-4-6(2)8-7(3)5-9/h6-9H,4-5H2,1-3H3/t6?,7-/m0/s1. The third-order valence-electron chi connectivity index (χ3n) is 1.46. The van der Waals surface area contributed by atoms with Crippen molar-refractivity contribution in [3.63, 3.8) is 0 Å². The molecule has 0 aliphatic heterocycles. The van der Waals surface area contributed by atoms with Crippen molar-refractivity contribution in [1.82, 2.24) is 5.32 Å². The van der Waals surface area contributed by atoms with E-state index >= 15 is 0 Å². The van der Waals surface area contributed by atoms with Crippen LogP contribution in [0.5, 0.6) is 0 Å². The maximum Gasteiger partial charge on any atom is 0.0582 e. The SMILES string of the molecule is CCC(C)N[C@@H](C)CO. The molecule has 0 aliphatic rings. The van der Waals surface area contributed by atoms with Crippen LogP contribution in [0.4, 0.5) is 0 Å². The fourth-order valence-corrected chi connectivity index (χ4v) is 0.656. The second-order valence-corrected chi connectivity index (χ2v) is 2.56. The molecule has 0 aromatic heterocycles. The molecular formula is C7H17NO. The summed E-state index contributed by atoms with van der Waals surface area (Å²) in [6.45, 7) is 6.45. The van der Waals surface area contributed by atoms with Crippen LogP contribution >= 0.6 is 0 Å². The first-order valence-corrected chi connectivity index (χ1v) is 3.57. The lowest BCUT2D eigenvalue weighted by Crippen LogP contribution is -2.36. The molecule has 0 aliphatic carbocycles. The highest BCUT2D eigenvalue weighted by atomic mass is 16.3. The molecule has 0 bridgehead atoms. The molecule has 9 heavy (non-hydrogen) atoms. The molecule has 0 radical (unpaired) electrons. The summed E-state index contributed by atoms with van der Waals surface area (Å²) in [7, 11) is 0. The van der Waals surface area contributed by atoms with Crippen LogP contribution in [0.25, 0.3) is 0 Å².